The van der Waals surface area contributed by atoms with E-state index in [1.54, 1.807) is 27.7 Å². The number of hydrogen-bond acceptors (Lipinski definition) is 7. The molecule has 3 atom stereocenters. The van der Waals surface area contributed by atoms with Crippen LogP contribution in [0.1, 0.15) is 106 Å². The van der Waals surface area contributed by atoms with Crippen LogP contribution in [-0.2, 0) is 33.4 Å². The molecule has 0 unspecified atom stereocenters. The molecule has 1 amide bonds. The summed E-state index contributed by atoms with van der Waals surface area (Å²) in [6.07, 6.45) is 7.51. The number of hydrogen-bond donors (Lipinski definition) is 1. The highest BCUT2D eigenvalue weighted by molar-refractivity contribution is 5.84. The second-order valence-electron chi connectivity index (χ2n) is 9.63. The van der Waals surface area contributed by atoms with E-state index >= 15 is 0 Å². The number of unbranched alkanes of at least 4 members (excludes halogenated alkanes) is 6. The zero-order chi connectivity index (χ0) is 25.4. The fourth-order valence-electron chi connectivity index (χ4n) is 3.40. The van der Waals surface area contributed by atoms with E-state index in [1.165, 1.54) is 39.5 Å². The number of carbonyl (C=O) groups excluding carboxylic acids is 4. The van der Waals surface area contributed by atoms with Crippen molar-refractivity contribution < 1.29 is 33.4 Å². The average Bonchev–Trinajstić information content (AvgIpc) is 2.67. The van der Waals surface area contributed by atoms with E-state index in [0.29, 0.717) is 6.42 Å². The zero-order valence-corrected chi connectivity index (χ0v) is 21.7. The van der Waals surface area contributed by atoms with Crippen LogP contribution in [0.4, 0.5) is 0 Å². The van der Waals surface area contributed by atoms with E-state index in [0.717, 1.165) is 19.3 Å². The van der Waals surface area contributed by atoms with Crippen molar-refractivity contribution in [1.29, 1.82) is 0 Å². The van der Waals surface area contributed by atoms with Crippen LogP contribution >= 0.6 is 0 Å². The Morgan fingerprint density at radius 2 is 1.45 bits per heavy atom. The van der Waals surface area contributed by atoms with Crippen molar-refractivity contribution in [3.8, 4) is 0 Å². The highest BCUT2D eigenvalue weighted by Gasteiger charge is 2.29. The Bertz CT molecular complexity index is 612. The van der Waals surface area contributed by atoms with Gasteiger partial charge in [-0.05, 0) is 34.1 Å². The summed E-state index contributed by atoms with van der Waals surface area (Å²) in [5.74, 6) is -2.37. The number of amides is 1. The molecule has 0 aromatic rings. The second kappa shape index (κ2) is 16.5. The summed E-state index contributed by atoms with van der Waals surface area (Å²) in [7, 11) is 0. The van der Waals surface area contributed by atoms with Crippen molar-refractivity contribution in [1.82, 2.24) is 5.32 Å². The number of carbonyl (C=O) groups is 4. The molecule has 1 N–H and O–H groups in total. The maximum atomic E-state index is 13.1. The van der Waals surface area contributed by atoms with Gasteiger partial charge in [-0.15, -0.1) is 0 Å². The predicted octanol–water partition coefficient (Wildman–Crippen LogP) is 4.47. The lowest BCUT2D eigenvalue weighted by atomic mass is 9.95. The smallest absolute Gasteiger partial charge is 0.307 e. The first-order chi connectivity index (χ1) is 15.4. The highest BCUT2D eigenvalue weighted by Crippen LogP contribution is 2.19. The second-order valence-corrected chi connectivity index (χ2v) is 9.63. The minimum Gasteiger partial charge on any atom is -0.464 e. The Morgan fingerprint density at radius 3 is 1.97 bits per heavy atom. The van der Waals surface area contributed by atoms with Crippen molar-refractivity contribution in [3.05, 3.63) is 0 Å². The van der Waals surface area contributed by atoms with Gasteiger partial charge in [0.15, 0.2) is 0 Å². The van der Waals surface area contributed by atoms with E-state index in [9.17, 15) is 19.2 Å². The van der Waals surface area contributed by atoms with Crippen LogP contribution in [0, 0.1) is 5.92 Å². The van der Waals surface area contributed by atoms with Crippen molar-refractivity contribution >= 4 is 23.8 Å². The number of ether oxygens (including phenoxy) is 3. The molecule has 0 spiro atoms. The van der Waals surface area contributed by atoms with Gasteiger partial charge in [0.2, 0.25) is 5.91 Å². The third-order valence-corrected chi connectivity index (χ3v) is 5.07. The lowest BCUT2D eigenvalue weighted by Crippen LogP contribution is -2.49. The molecule has 192 valence electrons. The Kier molecular flexibility index (Phi) is 15.4. The molecule has 0 aliphatic rings. The number of rotatable bonds is 16. The van der Waals surface area contributed by atoms with Gasteiger partial charge in [-0.1, -0.05) is 51.9 Å². The van der Waals surface area contributed by atoms with Crippen LogP contribution in [0.2, 0.25) is 0 Å². The predicted molar refractivity (Wildman–Crippen MR) is 126 cm³/mol. The minimum atomic E-state index is -0.722. The third kappa shape index (κ3) is 17.1. The maximum Gasteiger partial charge on any atom is 0.307 e. The average molecular weight is 472 g/mol. The molecule has 0 radical (unpaired) electrons. The molecule has 0 aromatic carbocycles. The zero-order valence-electron chi connectivity index (χ0n) is 21.7. The standard InChI is InChI=1S/C25H45NO7/c1-8-9-10-11-12-13-14-15-21(16-23(29)33-25(5,6)7)24(30)26-22(17-31-19(3)27)18(2)32-20(4)28/h18,21-22H,8-17H2,1-7H3,(H,26,30)/t18-,21-,22-/m1/s1. The molecule has 0 saturated carbocycles. The normalized spacial score (nSPS) is 14.0. The highest BCUT2D eigenvalue weighted by atomic mass is 16.6. The van der Waals surface area contributed by atoms with Gasteiger partial charge in [0.25, 0.3) is 0 Å². The van der Waals surface area contributed by atoms with E-state index in [2.05, 4.69) is 12.2 Å². The fourth-order valence-corrected chi connectivity index (χ4v) is 3.40. The van der Waals surface area contributed by atoms with Crippen molar-refractivity contribution in [2.75, 3.05) is 6.61 Å². The summed E-state index contributed by atoms with van der Waals surface area (Å²) < 4.78 is 15.6. The summed E-state index contributed by atoms with van der Waals surface area (Å²) in [4.78, 5) is 48.1. The largest absolute Gasteiger partial charge is 0.464 e. The van der Waals surface area contributed by atoms with Crippen LogP contribution in [0.5, 0.6) is 0 Å². The van der Waals surface area contributed by atoms with E-state index in [1.807, 2.05) is 0 Å². The molecule has 0 heterocycles. The molecule has 8 nitrogen and oxygen atoms in total. The van der Waals surface area contributed by atoms with Gasteiger partial charge in [0, 0.05) is 19.8 Å². The first-order valence-corrected chi connectivity index (χ1v) is 12.2. The van der Waals surface area contributed by atoms with Crippen LogP contribution < -0.4 is 5.32 Å². The van der Waals surface area contributed by atoms with Crippen molar-refractivity contribution in [2.45, 2.75) is 124 Å². The molecule has 0 aliphatic heterocycles. The maximum absolute atomic E-state index is 13.1. The quantitative estimate of drug-likeness (QED) is 0.201. The monoisotopic (exact) mass is 471 g/mol. The first-order valence-electron chi connectivity index (χ1n) is 12.2. The number of esters is 3. The third-order valence-electron chi connectivity index (χ3n) is 5.07. The summed E-state index contributed by atoms with van der Waals surface area (Å²) in [6, 6.07) is -0.722. The summed E-state index contributed by atoms with van der Waals surface area (Å²) in [5, 5.41) is 2.81. The molecule has 0 rings (SSSR count). The van der Waals surface area contributed by atoms with Crippen LogP contribution in [0.25, 0.3) is 0 Å². The van der Waals surface area contributed by atoms with E-state index < -0.39 is 41.6 Å². The lowest BCUT2D eigenvalue weighted by molar-refractivity contribution is -0.157. The van der Waals surface area contributed by atoms with Crippen molar-refractivity contribution in [3.63, 3.8) is 0 Å². The Balaban J connectivity index is 5.15. The molecule has 0 aromatic heterocycles. The molecule has 0 saturated heterocycles. The van der Waals surface area contributed by atoms with E-state index in [4.69, 9.17) is 14.2 Å². The molecule has 0 aliphatic carbocycles. The van der Waals surface area contributed by atoms with Gasteiger partial charge in [0.05, 0.1) is 12.5 Å². The Labute approximate surface area is 199 Å². The Hall–Kier alpha value is -2.12. The SMILES string of the molecule is CCCCCCCCC[C@H](CC(=O)OC(C)(C)C)C(=O)N[C@H](COC(C)=O)[C@@H](C)OC(C)=O. The molecular formula is C25H45NO7. The summed E-state index contributed by atoms with van der Waals surface area (Å²) in [6.45, 7) is 11.6. The van der Waals surface area contributed by atoms with Gasteiger partial charge in [0.1, 0.15) is 18.3 Å². The van der Waals surface area contributed by atoms with Gasteiger partial charge in [-0.2, -0.15) is 0 Å². The van der Waals surface area contributed by atoms with Gasteiger partial charge >= 0.3 is 17.9 Å². The van der Waals surface area contributed by atoms with Crippen molar-refractivity contribution in [2.24, 2.45) is 5.92 Å². The van der Waals surface area contributed by atoms with Gasteiger partial charge in [-0.3, -0.25) is 19.2 Å². The van der Waals surface area contributed by atoms with Crippen LogP contribution in [-0.4, -0.2) is 48.2 Å². The summed E-state index contributed by atoms with van der Waals surface area (Å²) in [5.41, 5.74) is -0.640. The molecule has 8 heteroatoms. The molecule has 0 fully saturated rings. The summed E-state index contributed by atoms with van der Waals surface area (Å²) >= 11 is 0. The van der Waals surface area contributed by atoms with Gasteiger partial charge < -0.3 is 19.5 Å². The minimum absolute atomic E-state index is 0.0405. The molecule has 33 heavy (non-hydrogen) atoms. The van der Waals surface area contributed by atoms with Crippen LogP contribution in [0.15, 0.2) is 0 Å². The molecule has 0 bridgehead atoms. The van der Waals surface area contributed by atoms with Crippen LogP contribution in [0.3, 0.4) is 0 Å². The topological polar surface area (TPSA) is 108 Å². The fraction of sp³-hybridized carbons (Fsp3) is 0.840. The Morgan fingerprint density at radius 1 is 0.879 bits per heavy atom. The molecular weight excluding hydrogens is 426 g/mol. The first kappa shape index (κ1) is 30.9. The number of nitrogens with one attached hydrogen (secondary N) is 1. The van der Waals surface area contributed by atoms with Gasteiger partial charge in [-0.25, -0.2) is 0 Å². The lowest BCUT2D eigenvalue weighted by Gasteiger charge is -2.27. The van der Waals surface area contributed by atoms with E-state index in [-0.39, 0.29) is 18.9 Å².